The van der Waals surface area contributed by atoms with Gasteiger partial charge in [-0.25, -0.2) is 4.79 Å². The molecule has 3 rings (SSSR count). The molecule has 0 N–H and O–H groups in total. The number of carbonyl (C=O) groups excluding carboxylic acids is 2. The van der Waals surface area contributed by atoms with Crippen molar-refractivity contribution in [3.8, 4) is 0 Å². The molecule has 1 aliphatic rings. The SMILES string of the molecule is CC1=NC(C)=C(C(=O)OCC=Cc2ccccc2)C(c2cccc([N+](=O)[O-])c2)C1C(=O)OC(C)C. The number of non-ortho nitro benzene ring substituents is 1. The highest BCUT2D eigenvalue weighted by Gasteiger charge is 2.43. The first-order chi connectivity index (χ1) is 16.7. The van der Waals surface area contributed by atoms with Crippen LogP contribution in [0.4, 0.5) is 5.69 Å². The molecule has 2 atom stereocenters. The lowest BCUT2D eigenvalue weighted by atomic mass is 9.75. The van der Waals surface area contributed by atoms with Crippen molar-refractivity contribution >= 4 is 29.4 Å². The molecule has 0 amide bonds. The Bertz CT molecular complexity index is 1200. The maximum absolute atomic E-state index is 13.3. The lowest BCUT2D eigenvalue weighted by Gasteiger charge is -2.32. The van der Waals surface area contributed by atoms with E-state index in [4.69, 9.17) is 9.47 Å². The van der Waals surface area contributed by atoms with Gasteiger partial charge in [0.2, 0.25) is 0 Å². The van der Waals surface area contributed by atoms with Crippen LogP contribution in [-0.4, -0.2) is 35.3 Å². The van der Waals surface area contributed by atoms with Gasteiger partial charge in [-0.05, 0) is 44.9 Å². The molecule has 2 aromatic rings. The predicted octanol–water partition coefficient (Wildman–Crippen LogP) is 5.25. The molecule has 0 saturated carbocycles. The molecule has 0 saturated heterocycles. The van der Waals surface area contributed by atoms with Crippen molar-refractivity contribution in [1.82, 2.24) is 0 Å². The molecular formula is C27H28N2O6. The van der Waals surface area contributed by atoms with Gasteiger partial charge in [-0.2, -0.15) is 0 Å². The van der Waals surface area contributed by atoms with Crippen LogP contribution in [-0.2, 0) is 19.1 Å². The number of allylic oxidation sites excluding steroid dienone is 1. The summed E-state index contributed by atoms with van der Waals surface area (Å²) in [6.45, 7) is 6.81. The third-order valence-electron chi connectivity index (χ3n) is 5.51. The second-order valence-electron chi connectivity index (χ2n) is 8.46. The van der Waals surface area contributed by atoms with E-state index in [9.17, 15) is 19.7 Å². The van der Waals surface area contributed by atoms with Crippen LogP contribution in [0.15, 0.2) is 76.9 Å². The molecule has 0 radical (unpaired) electrons. The molecule has 35 heavy (non-hydrogen) atoms. The number of aliphatic imine (C=N–C) groups is 1. The Balaban J connectivity index is 1.97. The smallest absolute Gasteiger partial charge is 0.336 e. The summed E-state index contributed by atoms with van der Waals surface area (Å²) in [4.78, 5) is 41.7. The fourth-order valence-electron chi connectivity index (χ4n) is 4.05. The maximum atomic E-state index is 13.3. The highest BCUT2D eigenvalue weighted by atomic mass is 16.6. The molecule has 1 heterocycles. The van der Waals surface area contributed by atoms with Crippen molar-refractivity contribution in [2.24, 2.45) is 10.9 Å². The lowest BCUT2D eigenvalue weighted by Crippen LogP contribution is -2.37. The van der Waals surface area contributed by atoms with Crippen LogP contribution in [0.1, 0.15) is 44.7 Å². The van der Waals surface area contributed by atoms with Gasteiger partial charge in [0.15, 0.2) is 0 Å². The van der Waals surface area contributed by atoms with Gasteiger partial charge in [-0.15, -0.1) is 0 Å². The molecule has 182 valence electrons. The molecule has 2 unspecified atom stereocenters. The molecule has 0 aliphatic carbocycles. The average molecular weight is 477 g/mol. The highest BCUT2D eigenvalue weighted by Crippen LogP contribution is 2.41. The molecule has 1 aliphatic heterocycles. The summed E-state index contributed by atoms with van der Waals surface area (Å²) in [5.41, 5.74) is 2.28. The summed E-state index contributed by atoms with van der Waals surface area (Å²) in [6, 6.07) is 15.5. The number of carbonyl (C=O) groups is 2. The summed E-state index contributed by atoms with van der Waals surface area (Å²) < 4.78 is 11.0. The van der Waals surface area contributed by atoms with Gasteiger partial charge in [-0.1, -0.05) is 48.5 Å². The number of esters is 2. The number of nitro groups is 1. The Labute approximate surface area is 204 Å². The molecule has 0 bridgehead atoms. The summed E-state index contributed by atoms with van der Waals surface area (Å²) >= 11 is 0. The standard InChI is InChI=1S/C27H28N2O6/c1-17(2)35-27(31)24-19(4)28-18(3)23(25(24)21-13-8-14-22(16-21)29(32)33)26(30)34-15-9-12-20-10-6-5-7-11-20/h5-14,16-17,24-25H,15H2,1-4H3. The van der Waals surface area contributed by atoms with Crippen molar-refractivity contribution in [2.75, 3.05) is 6.61 Å². The van der Waals surface area contributed by atoms with E-state index < -0.39 is 28.7 Å². The number of rotatable bonds is 8. The molecule has 0 fully saturated rings. The van der Waals surface area contributed by atoms with E-state index >= 15 is 0 Å². The molecule has 0 aromatic heterocycles. The van der Waals surface area contributed by atoms with Crippen LogP contribution < -0.4 is 0 Å². The van der Waals surface area contributed by atoms with Gasteiger partial charge in [0.25, 0.3) is 5.69 Å². The van der Waals surface area contributed by atoms with E-state index in [0.29, 0.717) is 17.0 Å². The van der Waals surface area contributed by atoms with Gasteiger partial charge in [-0.3, -0.25) is 19.9 Å². The van der Waals surface area contributed by atoms with E-state index in [2.05, 4.69) is 4.99 Å². The molecule has 0 spiro atoms. The fraction of sp³-hybridized carbons (Fsp3) is 0.296. The number of nitro benzene ring substituents is 1. The van der Waals surface area contributed by atoms with E-state index in [1.807, 2.05) is 36.4 Å². The summed E-state index contributed by atoms with van der Waals surface area (Å²) in [5.74, 6) is -2.97. The van der Waals surface area contributed by atoms with E-state index in [0.717, 1.165) is 5.56 Å². The van der Waals surface area contributed by atoms with Crippen molar-refractivity contribution in [2.45, 2.75) is 39.7 Å². The van der Waals surface area contributed by atoms with Crippen LogP contribution in [0.25, 0.3) is 6.08 Å². The van der Waals surface area contributed by atoms with E-state index in [1.54, 1.807) is 39.8 Å². The molecule has 8 heteroatoms. The largest absolute Gasteiger partial charge is 0.462 e. The predicted molar refractivity (Wildman–Crippen MR) is 133 cm³/mol. The Kier molecular flexibility index (Phi) is 8.30. The number of hydrogen-bond donors (Lipinski definition) is 0. The monoisotopic (exact) mass is 476 g/mol. The van der Waals surface area contributed by atoms with Crippen LogP contribution in [0.3, 0.4) is 0 Å². The van der Waals surface area contributed by atoms with Gasteiger partial charge in [0, 0.05) is 29.5 Å². The summed E-state index contributed by atoms with van der Waals surface area (Å²) in [7, 11) is 0. The van der Waals surface area contributed by atoms with Crippen molar-refractivity contribution in [3.63, 3.8) is 0 Å². The third-order valence-corrected chi connectivity index (χ3v) is 5.51. The van der Waals surface area contributed by atoms with Crippen molar-refractivity contribution < 1.29 is 24.0 Å². The third kappa shape index (κ3) is 6.29. The number of ether oxygens (including phenoxy) is 2. The first-order valence-electron chi connectivity index (χ1n) is 11.3. The quantitative estimate of drug-likeness (QED) is 0.292. The van der Waals surface area contributed by atoms with Crippen LogP contribution in [0.5, 0.6) is 0 Å². The van der Waals surface area contributed by atoms with Crippen LogP contribution in [0, 0.1) is 16.0 Å². The van der Waals surface area contributed by atoms with E-state index in [1.165, 1.54) is 18.2 Å². The average Bonchev–Trinajstić information content (AvgIpc) is 2.81. The fourth-order valence-corrected chi connectivity index (χ4v) is 4.05. The number of nitrogens with zero attached hydrogens (tertiary/aromatic N) is 2. The van der Waals surface area contributed by atoms with Gasteiger partial charge >= 0.3 is 11.9 Å². The zero-order chi connectivity index (χ0) is 25.5. The molecule has 8 nitrogen and oxygen atoms in total. The van der Waals surface area contributed by atoms with Crippen LogP contribution >= 0.6 is 0 Å². The lowest BCUT2D eigenvalue weighted by molar-refractivity contribution is -0.384. The Morgan fingerprint density at radius 3 is 2.49 bits per heavy atom. The normalized spacial score (nSPS) is 17.9. The molecule has 2 aromatic carbocycles. The maximum Gasteiger partial charge on any atom is 0.336 e. The minimum absolute atomic E-state index is 0.00989. The van der Waals surface area contributed by atoms with Gasteiger partial charge in [0.1, 0.15) is 12.5 Å². The van der Waals surface area contributed by atoms with E-state index in [-0.39, 0.29) is 24.0 Å². The minimum Gasteiger partial charge on any atom is -0.462 e. The zero-order valence-electron chi connectivity index (χ0n) is 20.1. The number of hydrogen-bond acceptors (Lipinski definition) is 7. The number of benzene rings is 2. The minimum atomic E-state index is -0.925. The second kappa shape index (κ2) is 11.4. The summed E-state index contributed by atoms with van der Waals surface area (Å²) in [5, 5.41) is 11.4. The topological polar surface area (TPSA) is 108 Å². The van der Waals surface area contributed by atoms with Gasteiger partial charge < -0.3 is 9.47 Å². The first kappa shape index (κ1) is 25.6. The second-order valence-corrected chi connectivity index (χ2v) is 8.46. The Morgan fingerprint density at radius 1 is 1.11 bits per heavy atom. The van der Waals surface area contributed by atoms with Crippen LogP contribution in [0.2, 0.25) is 0 Å². The van der Waals surface area contributed by atoms with Crippen molar-refractivity contribution in [1.29, 1.82) is 0 Å². The molecular weight excluding hydrogens is 448 g/mol. The van der Waals surface area contributed by atoms with Gasteiger partial charge in [0.05, 0.1) is 16.6 Å². The highest BCUT2D eigenvalue weighted by molar-refractivity contribution is 6.07. The Hall–Kier alpha value is -4.07. The summed E-state index contributed by atoms with van der Waals surface area (Å²) in [6.07, 6.45) is 3.16. The zero-order valence-corrected chi connectivity index (χ0v) is 20.1. The first-order valence-corrected chi connectivity index (χ1v) is 11.3. The van der Waals surface area contributed by atoms with Crippen molar-refractivity contribution in [3.05, 3.63) is 93.2 Å². The Morgan fingerprint density at radius 2 is 1.83 bits per heavy atom.